The van der Waals surface area contributed by atoms with Crippen LogP contribution in [0.15, 0.2) is 18.2 Å². The summed E-state index contributed by atoms with van der Waals surface area (Å²) < 4.78 is 5.36. The van der Waals surface area contributed by atoms with Crippen LogP contribution in [-0.4, -0.2) is 25.0 Å². The van der Waals surface area contributed by atoms with E-state index in [0.717, 1.165) is 37.8 Å². The molecule has 0 aromatic heterocycles. The SMILES string of the molecule is CCCC1(C(=O)c2cc(C)ccc2OC)CCCN1. The van der Waals surface area contributed by atoms with Gasteiger partial charge in [-0.1, -0.05) is 25.0 Å². The topological polar surface area (TPSA) is 38.3 Å². The molecule has 1 aromatic carbocycles. The second-order valence-corrected chi connectivity index (χ2v) is 5.40. The lowest BCUT2D eigenvalue weighted by Crippen LogP contribution is -2.47. The summed E-state index contributed by atoms with van der Waals surface area (Å²) in [5, 5.41) is 3.43. The summed E-state index contributed by atoms with van der Waals surface area (Å²) in [7, 11) is 1.62. The van der Waals surface area contributed by atoms with Gasteiger partial charge < -0.3 is 10.1 Å². The second kappa shape index (κ2) is 5.74. The minimum absolute atomic E-state index is 0.187. The molecule has 1 saturated heterocycles. The number of rotatable bonds is 5. The molecule has 2 rings (SSSR count). The van der Waals surface area contributed by atoms with Crippen molar-refractivity contribution >= 4 is 5.78 Å². The lowest BCUT2D eigenvalue weighted by Gasteiger charge is -2.28. The van der Waals surface area contributed by atoms with Crippen LogP contribution in [0.4, 0.5) is 0 Å². The van der Waals surface area contributed by atoms with Crippen molar-refractivity contribution in [3.63, 3.8) is 0 Å². The van der Waals surface area contributed by atoms with Gasteiger partial charge in [0.2, 0.25) is 0 Å². The summed E-state index contributed by atoms with van der Waals surface area (Å²) in [6.07, 6.45) is 3.90. The third-order valence-electron chi connectivity index (χ3n) is 3.95. The maximum Gasteiger partial charge on any atom is 0.186 e. The van der Waals surface area contributed by atoms with Gasteiger partial charge in [0.15, 0.2) is 5.78 Å². The van der Waals surface area contributed by atoms with E-state index in [-0.39, 0.29) is 11.3 Å². The van der Waals surface area contributed by atoms with Crippen molar-refractivity contribution in [1.29, 1.82) is 0 Å². The highest BCUT2D eigenvalue weighted by atomic mass is 16.5. The summed E-state index contributed by atoms with van der Waals surface area (Å²) in [4.78, 5) is 12.9. The van der Waals surface area contributed by atoms with Gasteiger partial charge in [-0.3, -0.25) is 4.79 Å². The van der Waals surface area contributed by atoms with Gasteiger partial charge in [-0.15, -0.1) is 0 Å². The molecule has 0 spiro atoms. The van der Waals surface area contributed by atoms with Crippen molar-refractivity contribution in [3.05, 3.63) is 29.3 Å². The Hall–Kier alpha value is -1.35. The number of Topliss-reactive ketones (excluding diaryl/α,β-unsaturated/α-hetero) is 1. The molecule has 1 aromatic rings. The van der Waals surface area contributed by atoms with Gasteiger partial charge in [0.1, 0.15) is 5.75 Å². The first-order valence-corrected chi connectivity index (χ1v) is 7.07. The van der Waals surface area contributed by atoms with Crippen molar-refractivity contribution in [2.24, 2.45) is 0 Å². The Kier molecular flexibility index (Phi) is 4.25. The van der Waals surface area contributed by atoms with Crippen LogP contribution in [-0.2, 0) is 0 Å². The Morgan fingerprint density at radius 1 is 1.47 bits per heavy atom. The Bertz CT molecular complexity index is 462. The number of ketones is 1. The Morgan fingerprint density at radius 3 is 2.84 bits per heavy atom. The molecule has 0 saturated carbocycles. The molecule has 1 fully saturated rings. The number of methoxy groups -OCH3 is 1. The predicted octanol–water partition coefficient (Wildman–Crippen LogP) is 3.11. The summed E-state index contributed by atoms with van der Waals surface area (Å²) in [5.41, 5.74) is 1.43. The molecule has 1 N–H and O–H groups in total. The van der Waals surface area contributed by atoms with Gasteiger partial charge in [-0.2, -0.15) is 0 Å². The van der Waals surface area contributed by atoms with Crippen LogP contribution in [0, 0.1) is 6.92 Å². The zero-order chi connectivity index (χ0) is 13.9. The van der Waals surface area contributed by atoms with E-state index in [0.29, 0.717) is 11.3 Å². The monoisotopic (exact) mass is 261 g/mol. The predicted molar refractivity (Wildman–Crippen MR) is 76.9 cm³/mol. The van der Waals surface area contributed by atoms with Crippen molar-refractivity contribution in [2.75, 3.05) is 13.7 Å². The standard InChI is InChI=1S/C16H23NO2/c1-4-8-16(9-5-10-17-16)15(18)13-11-12(2)6-7-14(13)19-3/h6-7,11,17H,4-5,8-10H2,1-3H3. The highest BCUT2D eigenvalue weighted by Gasteiger charge is 2.41. The van der Waals surface area contributed by atoms with E-state index in [1.165, 1.54) is 0 Å². The molecule has 3 nitrogen and oxygen atoms in total. The average molecular weight is 261 g/mol. The number of benzene rings is 1. The van der Waals surface area contributed by atoms with Crippen molar-refractivity contribution in [3.8, 4) is 5.75 Å². The highest BCUT2D eigenvalue weighted by Crippen LogP contribution is 2.32. The van der Waals surface area contributed by atoms with E-state index in [1.807, 2.05) is 25.1 Å². The fraction of sp³-hybridized carbons (Fsp3) is 0.562. The molecule has 0 bridgehead atoms. The van der Waals surface area contributed by atoms with Gasteiger partial charge in [-0.05, 0) is 44.9 Å². The maximum absolute atomic E-state index is 12.9. The third kappa shape index (κ3) is 2.66. The first-order valence-electron chi connectivity index (χ1n) is 7.07. The molecule has 3 heteroatoms. The second-order valence-electron chi connectivity index (χ2n) is 5.40. The molecule has 1 aliphatic heterocycles. The summed E-state index contributed by atoms with van der Waals surface area (Å²) in [5.74, 6) is 0.868. The number of nitrogens with one attached hydrogen (secondary N) is 1. The maximum atomic E-state index is 12.9. The van der Waals surface area contributed by atoms with Crippen LogP contribution in [0.1, 0.15) is 48.5 Å². The fourth-order valence-electron chi connectivity index (χ4n) is 3.01. The molecule has 19 heavy (non-hydrogen) atoms. The van der Waals surface area contributed by atoms with E-state index in [9.17, 15) is 4.79 Å². The van der Waals surface area contributed by atoms with Gasteiger partial charge >= 0.3 is 0 Å². The van der Waals surface area contributed by atoms with Gasteiger partial charge in [-0.25, -0.2) is 0 Å². The van der Waals surface area contributed by atoms with Crippen LogP contribution < -0.4 is 10.1 Å². The van der Waals surface area contributed by atoms with Crippen molar-refractivity contribution in [2.45, 2.75) is 45.1 Å². The molecule has 1 atom stereocenters. The van der Waals surface area contributed by atoms with Gasteiger partial charge in [0, 0.05) is 0 Å². The molecule has 0 amide bonds. The first kappa shape index (κ1) is 14.1. The van der Waals surface area contributed by atoms with E-state index >= 15 is 0 Å². The lowest BCUT2D eigenvalue weighted by molar-refractivity contribution is 0.0854. The Morgan fingerprint density at radius 2 is 2.26 bits per heavy atom. The van der Waals surface area contributed by atoms with Crippen LogP contribution in [0.25, 0.3) is 0 Å². The number of hydrogen-bond donors (Lipinski definition) is 1. The number of carbonyl (C=O) groups excluding carboxylic acids is 1. The van der Waals surface area contributed by atoms with E-state index in [4.69, 9.17) is 4.74 Å². The summed E-state index contributed by atoms with van der Waals surface area (Å²) in [6, 6.07) is 5.81. The summed E-state index contributed by atoms with van der Waals surface area (Å²) >= 11 is 0. The minimum atomic E-state index is -0.379. The largest absolute Gasteiger partial charge is 0.496 e. The van der Waals surface area contributed by atoms with E-state index in [1.54, 1.807) is 7.11 Å². The molecule has 1 aliphatic rings. The van der Waals surface area contributed by atoms with Gasteiger partial charge in [0.25, 0.3) is 0 Å². The van der Waals surface area contributed by atoms with E-state index < -0.39 is 0 Å². The molecule has 1 unspecified atom stereocenters. The normalized spacial score (nSPS) is 22.5. The molecular weight excluding hydrogens is 238 g/mol. The Balaban J connectivity index is 2.39. The quantitative estimate of drug-likeness (QED) is 0.828. The van der Waals surface area contributed by atoms with Crippen molar-refractivity contribution in [1.82, 2.24) is 5.32 Å². The number of hydrogen-bond acceptors (Lipinski definition) is 3. The molecular formula is C16H23NO2. The van der Waals surface area contributed by atoms with Crippen LogP contribution in [0.5, 0.6) is 5.75 Å². The van der Waals surface area contributed by atoms with Crippen LogP contribution >= 0.6 is 0 Å². The minimum Gasteiger partial charge on any atom is -0.496 e. The molecule has 1 heterocycles. The van der Waals surface area contributed by atoms with Gasteiger partial charge in [0.05, 0.1) is 18.2 Å². The summed E-state index contributed by atoms with van der Waals surface area (Å²) in [6.45, 7) is 5.06. The van der Waals surface area contributed by atoms with Crippen molar-refractivity contribution < 1.29 is 9.53 Å². The highest BCUT2D eigenvalue weighted by molar-refractivity contribution is 6.05. The smallest absolute Gasteiger partial charge is 0.186 e. The zero-order valence-electron chi connectivity index (χ0n) is 12.1. The number of aryl methyl sites for hydroxylation is 1. The van der Waals surface area contributed by atoms with Crippen LogP contribution in [0.2, 0.25) is 0 Å². The van der Waals surface area contributed by atoms with Crippen LogP contribution in [0.3, 0.4) is 0 Å². The Labute approximate surface area is 115 Å². The molecule has 104 valence electrons. The first-order chi connectivity index (χ1) is 9.13. The number of carbonyl (C=O) groups is 1. The average Bonchev–Trinajstić information content (AvgIpc) is 2.88. The third-order valence-corrected chi connectivity index (χ3v) is 3.95. The zero-order valence-corrected chi connectivity index (χ0v) is 12.1. The molecule has 0 radical (unpaired) electrons. The lowest BCUT2D eigenvalue weighted by atomic mass is 9.83. The molecule has 0 aliphatic carbocycles. The fourth-order valence-corrected chi connectivity index (χ4v) is 3.01. The van der Waals surface area contributed by atoms with E-state index in [2.05, 4.69) is 12.2 Å². The number of ether oxygens (including phenoxy) is 1.